The highest BCUT2D eigenvalue weighted by molar-refractivity contribution is 5.69. The van der Waals surface area contributed by atoms with Gasteiger partial charge in [0, 0.05) is 0 Å². The molecule has 0 bridgehead atoms. The minimum atomic E-state index is -3.13. The lowest BCUT2D eigenvalue weighted by Crippen LogP contribution is -2.31. The Labute approximate surface area is 86.9 Å². The molecule has 0 unspecified atom stereocenters. The zero-order chi connectivity index (χ0) is 11.5. The van der Waals surface area contributed by atoms with Crippen LogP contribution in [0.1, 0.15) is 5.56 Å². The maximum atomic E-state index is 12.7. The van der Waals surface area contributed by atoms with Crippen LogP contribution in [0, 0.1) is 6.92 Å². The Morgan fingerprint density at radius 2 is 2.13 bits per heavy atom. The summed E-state index contributed by atoms with van der Waals surface area (Å²) in [5.41, 5.74) is 7.33. The number of rotatable bonds is 4. The summed E-state index contributed by atoms with van der Waals surface area (Å²) in [7, 11) is 0. The first-order chi connectivity index (χ1) is 6.96. The van der Waals surface area contributed by atoms with Crippen molar-refractivity contribution in [2.24, 2.45) is 0 Å². The van der Waals surface area contributed by atoms with Crippen molar-refractivity contribution in [1.82, 2.24) is 0 Å². The van der Waals surface area contributed by atoms with E-state index in [-0.39, 0.29) is 0 Å². The van der Waals surface area contributed by atoms with E-state index in [1.54, 1.807) is 25.1 Å². The molecule has 0 amide bonds. The fourth-order valence-electron chi connectivity index (χ4n) is 1.21. The predicted molar refractivity (Wildman–Crippen MR) is 56.1 cm³/mol. The Kier molecular flexibility index (Phi) is 3.47. The van der Waals surface area contributed by atoms with E-state index in [1.165, 1.54) is 0 Å². The number of anilines is 2. The van der Waals surface area contributed by atoms with Crippen molar-refractivity contribution < 1.29 is 13.9 Å². The van der Waals surface area contributed by atoms with Gasteiger partial charge in [-0.3, -0.25) is 0 Å². The maximum absolute atomic E-state index is 12.7. The first-order valence-corrected chi connectivity index (χ1v) is 4.54. The van der Waals surface area contributed by atoms with Gasteiger partial charge in [0.1, 0.15) is 6.61 Å². The molecule has 0 aliphatic heterocycles. The van der Waals surface area contributed by atoms with Gasteiger partial charge in [0.25, 0.3) is 5.92 Å². The quantitative estimate of drug-likeness (QED) is 0.670. The molecular weight excluding hydrogens is 202 g/mol. The van der Waals surface area contributed by atoms with Gasteiger partial charge >= 0.3 is 0 Å². The van der Waals surface area contributed by atoms with Crippen LogP contribution in [0.4, 0.5) is 20.2 Å². The standard InChI is InChI=1S/C10H14F2N2O/c1-7-3-2-4-8(13)9(7)14-5-10(11,12)6-15/h2-4,14-15H,5-6,13H2,1H3. The summed E-state index contributed by atoms with van der Waals surface area (Å²) in [6.45, 7) is -0.0277. The number of nitrogen functional groups attached to an aromatic ring is 1. The second-order valence-electron chi connectivity index (χ2n) is 3.41. The third-order valence-corrected chi connectivity index (χ3v) is 2.06. The summed E-state index contributed by atoms with van der Waals surface area (Å²) < 4.78 is 25.5. The average molecular weight is 216 g/mol. The molecule has 0 radical (unpaired) electrons. The molecule has 0 aliphatic carbocycles. The minimum Gasteiger partial charge on any atom is -0.397 e. The summed E-state index contributed by atoms with van der Waals surface area (Å²) in [4.78, 5) is 0. The van der Waals surface area contributed by atoms with Crippen LogP contribution in [0.25, 0.3) is 0 Å². The molecule has 15 heavy (non-hydrogen) atoms. The SMILES string of the molecule is Cc1cccc(N)c1NCC(F)(F)CO. The topological polar surface area (TPSA) is 58.3 Å². The molecule has 4 N–H and O–H groups in total. The first-order valence-electron chi connectivity index (χ1n) is 4.54. The molecule has 0 heterocycles. The van der Waals surface area contributed by atoms with Crippen molar-refractivity contribution in [2.75, 3.05) is 24.2 Å². The molecule has 84 valence electrons. The minimum absolute atomic E-state index is 0.420. The van der Waals surface area contributed by atoms with Crippen LogP contribution in [-0.4, -0.2) is 24.2 Å². The van der Waals surface area contributed by atoms with E-state index in [4.69, 9.17) is 10.8 Å². The number of nitrogens with one attached hydrogen (secondary N) is 1. The predicted octanol–water partition coefficient (Wildman–Crippen LogP) is 1.62. The van der Waals surface area contributed by atoms with Gasteiger partial charge < -0.3 is 16.2 Å². The lowest BCUT2D eigenvalue weighted by atomic mass is 10.1. The molecule has 0 fully saturated rings. The molecular formula is C10H14F2N2O. The molecule has 1 rings (SSSR count). The third-order valence-electron chi connectivity index (χ3n) is 2.06. The van der Waals surface area contributed by atoms with Crippen LogP contribution in [0.3, 0.4) is 0 Å². The zero-order valence-electron chi connectivity index (χ0n) is 8.43. The zero-order valence-corrected chi connectivity index (χ0v) is 8.43. The lowest BCUT2D eigenvalue weighted by Gasteiger charge is -2.17. The highest BCUT2D eigenvalue weighted by Gasteiger charge is 2.27. The third kappa shape index (κ3) is 3.06. The monoisotopic (exact) mass is 216 g/mol. The van der Waals surface area contributed by atoms with Gasteiger partial charge in [0.05, 0.1) is 17.9 Å². The van der Waals surface area contributed by atoms with E-state index in [9.17, 15) is 8.78 Å². The summed E-state index contributed by atoms with van der Waals surface area (Å²) in [6, 6.07) is 5.15. The lowest BCUT2D eigenvalue weighted by molar-refractivity contribution is -0.0372. The molecule has 0 aliphatic rings. The van der Waals surface area contributed by atoms with Crippen LogP contribution < -0.4 is 11.1 Å². The van der Waals surface area contributed by atoms with E-state index in [0.717, 1.165) is 5.56 Å². The number of nitrogens with two attached hydrogens (primary N) is 1. The van der Waals surface area contributed by atoms with Crippen LogP contribution >= 0.6 is 0 Å². The molecule has 3 nitrogen and oxygen atoms in total. The van der Waals surface area contributed by atoms with Crippen LogP contribution in [0.15, 0.2) is 18.2 Å². The van der Waals surface area contributed by atoms with Crippen molar-refractivity contribution in [3.05, 3.63) is 23.8 Å². The Morgan fingerprint density at radius 3 is 2.67 bits per heavy atom. The van der Waals surface area contributed by atoms with E-state index in [0.29, 0.717) is 11.4 Å². The normalized spacial score (nSPS) is 11.5. The average Bonchev–Trinajstić information content (AvgIpc) is 2.17. The van der Waals surface area contributed by atoms with Gasteiger partial charge in [0.2, 0.25) is 0 Å². The second kappa shape index (κ2) is 4.44. The summed E-state index contributed by atoms with van der Waals surface area (Å²) >= 11 is 0. The van der Waals surface area contributed by atoms with Crippen molar-refractivity contribution in [1.29, 1.82) is 0 Å². The van der Waals surface area contributed by atoms with E-state index < -0.39 is 19.1 Å². The molecule has 5 heteroatoms. The first kappa shape index (κ1) is 11.7. The largest absolute Gasteiger partial charge is 0.397 e. The Bertz CT molecular complexity index is 322. The van der Waals surface area contributed by atoms with Crippen molar-refractivity contribution in [2.45, 2.75) is 12.8 Å². The number of halogens is 2. The van der Waals surface area contributed by atoms with Gasteiger partial charge in [-0.2, -0.15) is 0 Å². The number of aryl methyl sites for hydroxylation is 1. The van der Waals surface area contributed by atoms with Gasteiger partial charge in [-0.15, -0.1) is 0 Å². The van der Waals surface area contributed by atoms with Gasteiger partial charge in [0.15, 0.2) is 0 Å². The van der Waals surface area contributed by atoms with Crippen LogP contribution in [0.2, 0.25) is 0 Å². The molecule has 0 saturated heterocycles. The number of hydrogen-bond donors (Lipinski definition) is 3. The molecule has 0 spiro atoms. The van der Waals surface area contributed by atoms with E-state index >= 15 is 0 Å². The van der Waals surface area contributed by atoms with Crippen molar-refractivity contribution in [3.8, 4) is 0 Å². The molecule has 0 atom stereocenters. The summed E-state index contributed by atoms with van der Waals surface area (Å²) in [5, 5.41) is 10.9. The van der Waals surface area contributed by atoms with Gasteiger partial charge in [-0.25, -0.2) is 8.78 Å². The Hall–Kier alpha value is -1.36. The molecule has 1 aromatic carbocycles. The fraction of sp³-hybridized carbons (Fsp3) is 0.400. The fourth-order valence-corrected chi connectivity index (χ4v) is 1.21. The van der Waals surface area contributed by atoms with E-state index in [1.807, 2.05) is 0 Å². The smallest absolute Gasteiger partial charge is 0.287 e. The number of alkyl halides is 2. The molecule has 1 aromatic rings. The molecule has 0 saturated carbocycles. The van der Waals surface area contributed by atoms with Crippen LogP contribution in [0.5, 0.6) is 0 Å². The molecule has 0 aromatic heterocycles. The Balaban J connectivity index is 2.73. The number of aliphatic hydroxyl groups excluding tert-OH is 1. The summed E-state index contributed by atoms with van der Waals surface area (Å²) in [6.07, 6.45) is 0. The highest BCUT2D eigenvalue weighted by Crippen LogP contribution is 2.24. The van der Waals surface area contributed by atoms with Crippen molar-refractivity contribution >= 4 is 11.4 Å². The van der Waals surface area contributed by atoms with Gasteiger partial charge in [-0.1, -0.05) is 12.1 Å². The number of para-hydroxylation sites is 1. The number of benzene rings is 1. The highest BCUT2D eigenvalue weighted by atomic mass is 19.3. The van der Waals surface area contributed by atoms with Gasteiger partial charge in [-0.05, 0) is 18.6 Å². The maximum Gasteiger partial charge on any atom is 0.287 e. The Morgan fingerprint density at radius 1 is 1.47 bits per heavy atom. The van der Waals surface area contributed by atoms with Crippen molar-refractivity contribution in [3.63, 3.8) is 0 Å². The summed E-state index contributed by atoms with van der Waals surface area (Å²) in [5.74, 6) is -3.13. The van der Waals surface area contributed by atoms with E-state index in [2.05, 4.69) is 5.32 Å². The number of hydrogen-bond acceptors (Lipinski definition) is 3. The number of aliphatic hydroxyl groups is 1. The second-order valence-corrected chi connectivity index (χ2v) is 3.41. The van der Waals surface area contributed by atoms with Crippen LogP contribution in [-0.2, 0) is 0 Å².